The maximum absolute atomic E-state index is 14.1. The zero-order valence-corrected chi connectivity index (χ0v) is 19.2. The lowest BCUT2D eigenvalue weighted by Gasteiger charge is -2.24. The normalized spacial score (nSPS) is 23.1. The van der Waals surface area contributed by atoms with E-state index in [4.69, 9.17) is 5.14 Å². The summed E-state index contributed by atoms with van der Waals surface area (Å²) in [6.45, 7) is 1.14. The highest BCUT2D eigenvalue weighted by atomic mass is 32.2. The number of amides is 1. The molecule has 0 bridgehead atoms. The first-order valence-electron chi connectivity index (χ1n) is 10.6. The van der Waals surface area contributed by atoms with Crippen molar-refractivity contribution < 1.29 is 40.4 Å². The maximum atomic E-state index is 14.1. The molecule has 2 aliphatic rings. The molecule has 2 fully saturated rings. The van der Waals surface area contributed by atoms with Crippen LogP contribution in [0.1, 0.15) is 66.7 Å². The van der Waals surface area contributed by atoms with Gasteiger partial charge < -0.3 is 5.21 Å². The molecule has 0 aromatic carbocycles. The highest BCUT2D eigenvalue weighted by Crippen LogP contribution is 2.50. The highest BCUT2D eigenvalue weighted by Gasteiger charge is 2.50. The second-order valence-corrected chi connectivity index (χ2v) is 10.9. The lowest BCUT2D eigenvalue weighted by Crippen LogP contribution is -2.27. The predicted octanol–water partition coefficient (Wildman–Crippen LogP) is 3.03. The smallest absolute Gasteiger partial charge is 0.420 e. The second-order valence-electron chi connectivity index (χ2n) is 9.41. The number of pyridine rings is 1. The molecule has 2 aromatic rings. The Hall–Kier alpha value is -2.81. The van der Waals surface area contributed by atoms with Crippen molar-refractivity contribution in [2.24, 2.45) is 15.5 Å². The number of nitrogens with zero attached hydrogens (tertiary/aromatic N) is 4. The van der Waals surface area contributed by atoms with Gasteiger partial charge in [0.15, 0.2) is 5.03 Å². The van der Waals surface area contributed by atoms with Gasteiger partial charge in [0, 0.05) is 37.6 Å². The average molecular weight is 523 g/mol. The minimum atomic E-state index is -4.98. The number of nitrogens with two attached hydrogens (primary N) is 1. The maximum Gasteiger partial charge on any atom is 0.420 e. The van der Waals surface area contributed by atoms with Crippen molar-refractivity contribution in [3.63, 3.8) is 0 Å². The van der Waals surface area contributed by atoms with E-state index in [-0.39, 0.29) is 23.4 Å². The second kappa shape index (κ2) is 8.11. The van der Waals surface area contributed by atoms with E-state index in [2.05, 4.69) is 10.1 Å². The fourth-order valence-electron chi connectivity index (χ4n) is 4.43. The summed E-state index contributed by atoms with van der Waals surface area (Å²) in [5.74, 6) is -4.88. The topological polar surface area (TPSA) is 133 Å². The van der Waals surface area contributed by atoms with E-state index in [1.165, 1.54) is 6.92 Å². The number of primary sulfonamides is 1. The van der Waals surface area contributed by atoms with Gasteiger partial charge in [0.25, 0.3) is 15.9 Å². The van der Waals surface area contributed by atoms with Gasteiger partial charge in [-0.25, -0.2) is 27.3 Å². The quantitative estimate of drug-likeness (QED) is 0.459. The summed E-state index contributed by atoms with van der Waals surface area (Å²) >= 11 is 0. The van der Waals surface area contributed by atoms with Crippen molar-refractivity contribution in [1.82, 2.24) is 14.5 Å². The third-order valence-electron chi connectivity index (χ3n) is 6.15. The number of hydrogen-bond donors (Lipinski definition) is 2. The molecule has 0 saturated heterocycles. The van der Waals surface area contributed by atoms with Crippen molar-refractivity contribution in [1.29, 1.82) is 0 Å². The summed E-state index contributed by atoms with van der Waals surface area (Å²) in [5, 5.41) is 17.4. The van der Waals surface area contributed by atoms with E-state index < -0.39 is 73.8 Å². The van der Waals surface area contributed by atoms with Crippen molar-refractivity contribution in [3.8, 4) is 0 Å². The van der Waals surface area contributed by atoms with Crippen LogP contribution in [0.3, 0.4) is 0 Å². The number of carbonyl (C=O) groups is 1. The Balaban J connectivity index is 1.86. The molecule has 1 atom stereocenters. The van der Waals surface area contributed by atoms with E-state index in [1.54, 1.807) is 0 Å². The zero-order chi connectivity index (χ0) is 26.0. The summed E-state index contributed by atoms with van der Waals surface area (Å²) < 4.78 is 94.3. The predicted molar refractivity (Wildman–Crippen MR) is 109 cm³/mol. The van der Waals surface area contributed by atoms with Crippen molar-refractivity contribution in [2.75, 3.05) is 0 Å². The summed E-state index contributed by atoms with van der Waals surface area (Å²) in [6, 6.07) is 1.70. The summed E-state index contributed by atoms with van der Waals surface area (Å²) in [7, 11) is -4.46. The lowest BCUT2D eigenvalue weighted by atomic mass is 9.88. The Bertz CT molecular complexity index is 1360. The van der Waals surface area contributed by atoms with Crippen molar-refractivity contribution in [3.05, 3.63) is 40.6 Å². The fraction of sp³-hybridized carbons (Fsp3) is 0.550. The van der Waals surface area contributed by atoms with Crippen LogP contribution in [0.2, 0.25) is 0 Å². The minimum absolute atomic E-state index is 0.0254. The molecule has 2 heterocycles. The fourth-order valence-corrected chi connectivity index (χ4v) is 5.04. The molecule has 4 rings (SSSR count). The number of alkyl halides is 5. The molecule has 0 radical (unpaired) electrons. The van der Waals surface area contributed by atoms with Crippen LogP contribution in [0.25, 0.3) is 0 Å². The van der Waals surface area contributed by atoms with Crippen LogP contribution in [0.4, 0.5) is 22.0 Å². The van der Waals surface area contributed by atoms with Gasteiger partial charge in [-0.1, -0.05) is 6.92 Å². The monoisotopic (exact) mass is 523 g/mol. The highest BCUT2D eigenvalue weighted by molar-refractivity contribution is 7.89. The van der Waals surface area contributed by atoms with Crippen LogP contribution in [0.5, 0.6) is 0 Å². The molecule has 1 amide bonds. The summed E-state index contributed by atoms with van der Waals surface area (Å²) in [6.07, 6.45) is -4.28. The largest absolute Gasteiger partial charge is 0.428 e. The molecule has 9 nitrogen and oxygen atoms in total. The Labute approximate surface area is 196 Å². The first-order valence-corrected chi connectivity index (χ1v) is 12.1. The van der Waals surface area contributed by atoms with E-state index in [0.29, 0.717) is 18.9 Å². The number of rotatable bonds is 5. The molecule has 15 heteroatoms. The summed E-state index contributed by atoms with van der Waals surface area (Å²) in [5.41, 5.74) is -3.63. The Morgan fingerprint density at radius 2 is 1.97 bits per heavy atom. The zero-order valence-electron chi connectivity index (χ0n) is 18.4. The van der Waals surface area contributed by atoms with Gasteiger partial charge in [-0.3, -0.25) is 9.48 Å². The van der Waals surface area contributed by atoms with Gasteiger partial charge in [-0.15, -0.1) is 0 Å². The number of aromatic nitrogens is 3. The van der Waals surface area contributed by atoms with Crippen LogP contribution in [0.15, 0.2) is 28.3 Å². The minimum Gasteiger partial charge on any atom is -0.428 e. The van der Waals surface area contributed by atoms with Crippen molar-refractivity contribution in [2.45, 2.75) is 68.6 Å². The van der Waals surface area contributed by atoms with Crippen LogP contribution in [0, 0.1) is 5.41 Å². The van der Waals surface area contributed by atoms with Crippen molar-refractivity contribution >= 4 is 15.9 Å². The van der Waals surface area contributed by atoms with E-state index >= 15 is 0 Å². The molecule has 2 aliphatic carbocycles. The number of halogens is 5. The van der Waals surface area contributed by atoms with Gasteiger partial charge in [-0.05, 0) is 30.7 Å². The molecule has 3 N–H and O–H groups in total. The van der Waals surface area contributed by atoms with Gasteiger partial charge in [0.1, 0.15) is 11.3 Å². The molecule has 35 heavy (non-hydrogen) atoms. The van der Waals surface area contributed by atoms with Gasteiger partial charge in [0.05, 0.1) is 11.1 Å². The van der Waals surface area contributed by atoms with Crippen LogP contribution >= 0.6 is 0 Å². The third-order valence-corrected chi connectivity index (χ3v) is 7.03. The lowest BCUT2D eigenvalue weighted by molar-refractivity contribution is -0.138. The molecule has 2 aromatic heterocycles. The molecular weight excluding hydrogens is 501 g/mol. The molecular formula is C20H22F5N5O4S. The van der Waals surface area contributed by atoms with E-state index in [1.807, 2.05) is 0 Å². The Morgan fingerprint density at radius 3 is 2.49 bits per heavy atom. The summed E-state index contributed by atoms with van der Waals surface area (Å²) in [4.78, 5) is 16.7. The third kappa shape index (κ3) is 5.24. The number of carbonyl (C=O) groups excluding carboxylic acids is 1. The average Bonchev–Trinajstić information content (AvgIpc) is 3.41. The molecule has 192 valence electrons. The molecule has 1 unspecified atom stereocenters. The van der Waals surface area contributed by atoms with E-state index in [0.717, 1.165) is 16.9 Å². The van der Waals surface area contributed by atoms with Gasteiger partial charge in [0.2, 0.25) is 5.92 Å². The first-order chi connectivity index (χ1) is 16.0. The number of hydrogen-bond acceptors (Lipinski definition) is 5. The van der Waals surface area contributed by atoms with Crippen LogP contribution in [-0.4, -0.2) is 40.0 Å². The molecule has 2 saturated carbocycles. The molecule has 0 spiro atoms. The van der Waals surface area contributed by atoms with Crippen LogP contribution in [-0.2, 0) is 22.7 Å². The SMILES string of the molecule is CC1(Cn2nc(C3CC3)c(C(F)(F)F)c2C(=O)N=c2ccn(O)c(S(N)(=O)=O)c2)CCC(F)(F)C1. The Kier molecular flexibility index (Phi) is 5.86. The van der Waals surface area contributed by atoms with Gasteiger partial charge in [-0.2, -0.15) is 23.0 Å². The molecule has 0 aliphatic heterocycles. The standard InChI is InChI=1S/C20H22F5N5O4S/c1-18(5-6-19(21,22)9-18)10-29-16(14(20(23,24)25)15(28-29)11-2-3-11)17(31)27-12-4-7-30(32)13(8-12)35(26,33)34/h4,7-8,11,32H,2-3,5-6,9-10H2,1H3,(H2,26,33,34). The first kappa shape index (κ1) is 25.3. The van der Waals surface area contributed by atoms with Crippen LogP contribution < -0.4 is 10.5 Å². The number of sulfonamides is 1. The van der Waals surface area contributed by atoms with Gasteiger partial charge >= 0.3 is 6.18 Å². The Morgan fingerprint density at radius 1 is 1.31 bits per heavy atom. The van der Waals surface area contributed by atoms with E-state index in [9.17, 15) is 40.4 Å².